The van der Waals surface area contributed by atoms with Gasteiger partial charge in [0.2, 0.25) is 5.91 Å². The third kappa shape index (κ3) is 4.57. The minimum atomic E-state index is -0.590. The molecule has 2 atom stereocenters. The lowest BCUT2D eigenvalue weighted by Crippen LogP contribution is -2.36. The second-order valence-electron chi connectivity index (χ2n) is 8.18. The smallest absolute Gasteiger partial charge is 0.407 e. The van der Waals surface area contributed by atoms with Gasteiger partial charge in [0.25, 0.3) is 0 Å². The SMILES string of the molecule is Cc1cc(CC(=O)Nc2n[nH]c([C@H]3CCC(OC(=O)NC4(C)CC4)C3)c2F)on1. The molecular formula is C19H24FN5O4. The molecule has 29 heavy (non-hydrogen) atoms. The zero-order chi connectivity index (χ0) is 20.6. The van der Waals surface area contributed by atoms with E-state index in [9.17, 15) is 14.0 Å². The number of hydrogen-bond acceptors (Lipinski definition) is 6. The molecule has 0 aliphatic heterocycles. The molecule has 2 aliphatic rings. The summed E-state index contributed by atoms with van der Waals surface area (Å²) >= 11 is 0. The predicted octanol–water partition coefficient (Wildman–Crippen LogP) is 2.94. The maximum Gasteiger partial charge on any atom is 0.407 e. The first-order valence-corrected chi connectivity index (χ1v) is 9.76. The number of nitrogens with one attached hydrogen (secondary N) is 3. The van der Waals surface area contributed by atoms with Gasteiger partial charge >= 0.3 is 6.09 Å². The van der Waals surface area contributed by atoms with Crippen LogP contribution in [0.2, 0.25) is 0 Å². The maximum atomic E-state index is 14.7. The van der Waals surface area contributed by atoms with Crippen molar-refractivity contribution in [3.63, 3.8) is 0 Å². The monoisotopic (exact) mass is 405 g/mol. The zero-order valence-electron chi connectivity index (χ0n) is 16.4. The minimum Gasteiger partial charge on any atom is -0.446 e. The van der Waals surface area contributed by atoms with Gasteiger partial charge in [-0.3, -0.25) is 9.89 Å². The number of carbonyl (C=O) groups is 2. The molecule has 0 saturated heterocycles. The van der Waals surface area contributed by atoms with Gasteiger partial charge in [-0.1, -0.05) is 5.16 Å². The Bertz CT molecular complexity index is 920. The summed E-state index contributed by atoms with van der Waals surface area (Å²) in [4.78, 5) is 24.0. The number of amides is 2. The molecule has 1 unspecified atom stereocenters. The number of hydrogen-bond donors (Lipinski definition) is 3. The molecule has 2 aliphatic carbocycles. The lowest BCUT2D eigenvalue weighted by atomic mass is 10.0. The van der Waals surface area contributed by atoms with Crippen LogP contribution in [0.5, 0.6) is 0 Å². The normalized spacial score (nSPS) is 22.3. The van der Waals surface area contributed by atoms with Gasteiger partial charge in [-0.2, -0.15) is 5.10 Å². The molecular weight excluding hydrogens is 381 g/mol. The topological polar surface area (TPSA) is 122 Å². The molecule has 2 saturated carbocycles. The van der Waals surface area contributed by atoms with Crippen LogP contribution in [0.15, 0.2) is 10.6 Å². The summed E-state index contributed by atoms with van der Waals surface area (Å²) in [6, 6.07) is 1.64. The summed E-state index contributed by atoms with van der Waals surface area (Å²) in [5, 5.41) is 15.6. The van der Waals surface area contributed by atoms with E-state index in [1.807, 2.05) is 6.92 Å². The Hall–Kier alpha value is -2.91. The van der Waals surface area contributed by atoms with Crippen LogP contribution >= 0.6 is 0 Å². The van der Waals surface area contributed by atoms with Gasteiger partial charge in [-0.15, -0.1) is 0 Å². The average Bonchev–Trinajstić information content (AvgIpc) is 3.01. The Balaban J connectivity index is 1.31. The van der Waals surface area contributed by atoms with Crippen molar-refractivity contribution in [2.24, 2.45) is 0 Å². The molecule has 2 heterocycles. The number of H-pyrrole nitrogens is 1. The standard InChI is InChI=1S/C19H24FN5O4/c1-10-7-13(29-25-10)9-14(26)21-17-15(20)16(23-24-17)11-3-4-12(8-11)28-18(27)22-19(2)5-6-19/h7,11-12H,3-6,8-9H2,1-2H3,(H,22,27)(H2,21,23,24,26)/t11-,12?/m0/s1. The van der Waals surface area contributed by atoms with E-state index in [0.717, 1.165) is 12.8 Å². The average molecular weight is 405 g/mol. The first-order valence-electron chi connectivity index (χ1n) is 9.76. The Morgan fingerprint density at radius 1 is 1.41 bits per heavy atom. The van der Waals surface area contributed by atoms with Crippen molar-refractivity contribution < 1.29 is 23.2 Å². The zero-order valence-corrected chi connectivity index (χ0v) is 16.4. The van der Waals surface area contributed by atoms with Crippen LogP contribution in [0, 0.1) is 12.7 Å². The van der Waals surface area contributed by atoms with Crippen LogP contribution in [0.1, 0.15) is 62.1 Å². The van der Waals surface area contributed by atoms with E-state index in [-0.39, 0.29) is 29.8 Å². The third-order valence-corrected chi connectivity index (χ3v) is 5.47. The Morgan fingerprint density at radius 2 is 2.21 bits per heavy atom. The summed E-state index contributed by atoms with van der Waals surface area (Å²) in [5.74, 6) is -0.946. The first kappa shape index (κ1) is 19.4. The Morgan fingerprint density at radius 3 is 2.90 bits per heavy atom. The molecule has 2 fully saturated rings. The Labute approximate surface area is 166 Å². The lowest BCUT2D eigenvalue weighted by molar-refractivity contribution is -0.115. The maximum absolute atomic E-state index is 14.7. The second-order valence-corrected chi connectivity index (χ2v) is 8.18. The van der Waals surface area contributed by atoms with Gasteiger partial charge in [-0.05, 0) is 46.0 Å². The molecule has 3 N–H and O–H groups in total. The van der Waals surface area contributed by atoms with Gasteiger partial charge in [0.15, 0.2) is 11.6 Å². The number of anilines is 1. The van der Waals surface area contributed by atoms with Gasteiger partial charge in [-0.25, -0.2) is 9.18 Å². The highest BCUT2D eigenvalue weighted by Gasteiger charge is 2.40. The number of aromatic nitrogens is 3. The number of rotatable bonds is 6. The van der Waals surface area contributed by atoms with Crippen LogP contribution in [-0.2, 0) is 16.0 Å². The number of aryl methyl sites for hydroxylation is 1. The van der Waals surface area contributed by atoms with Crippen molar-refractivity contribution in [2.75, 3.05) is 5.32 Å². The van der Waals surface area contributed by atoms with Gasteiger partial charge < -0.3 is 19.9 Å². The van der Waals surface area contributed by atoms with Gasteiger partial charge in [0.1, 0.15) is 11.9 Å². The van der Waals surface area contributed by atoms with E-state index >= 15 is 0 Å². The van der Waals surface area contributed by atoms with E-state index < -0.39 is 17.8 Å². The molecule has 0 spiro atoms. The molecule has 4 rings (SSSR count). The summed E-state index contributed by atoms with van der Waals surface area (Å²) in [7, 11) is 0. The number of halogens is 1. The van der Waals surface area contributed by atoms with Crippen LogP contribution < -0.4 is 10.6 Å². The van der Waals surface area contributed by atoms with Crippen molar-refractivity contribution in [1.82, 2.24) is 20.7 Å². The molecule has 0 bridgehead atoms. The second kappa shape index (κ2) is 7.49. The van der Waals surface area contributed by atoms with Gasteiger partial charge in [0, 0.05) is 17.5 Å². The molecule has 0 aromatic carbocycles. The molecule has 2 amide bonds. The van der Waals surface area contributed by atoms with Crippen LogP contribution in [0.3, 0.4) is 0 Å². The van der Waals surface area contributed by atoms with Crippen LogP contribution in [0.25, 0.3) is 0 Å². The number of ether oxygens (including phenoxy) is 1. The van der Waals surface area contributed by atoms with Crippen molar-refractivity contribution in [3.05, 3.63) is 29.0 Å². The molecule has 0 radical (unpaired) electrons. The highest BCUT2D eigenvalue weighted by Crippen LogP contribution is 2.38. The van der Waals surface area contributed by atoms with Crippen molar-refractivity contribution >= 4 is 17.8 Å². The largest absolute Gasteiger partial charge is 0.446 e. The highest BCUT2D eigenvalue weighted by atomic mass is 19.1. The summed E-state index contributed by atoms with van der Waals surface area (Å²) in [6.07, 6.45) is 3.00. The minimum absolute atomic E-state index is 0.0597. The van der Waals surface area contributed by atoms with E-state index in [4.69, 9.17) is 9.26 Å². The van der Waals surface area contributed by atoms with Crippen LogP contribution in [-0.4, -0.2) is 39.0 Å². The lowest BCUT2D eigenvalue weighted by Gasteiger charge is -2.16. The van der Waals surface area contributed by atoms with Crippen LogP contribution in [0.4, 0.5) is 15.0 Å². The molecule has 9 nitrogen and oxygen atoms in total. The summed E-state index contributed by atoms with van der Waals surface area (Å²) in [5.41, 5.74) is 0.845. The molecule has 2 aromatic heterocycles. The number of carbonyl (C=O) groups excluding carboxylic acids is 2. The third-order valence-electron chi connectivity index (χ3n) is 5.47. The van der Waals surface area contributed by atoms with E-state index in [1.54, 1.807) is 13.0 Å². The fourth-order valence-electron chi connectivity index (χ4n) is 3.58. The Kier molecular flexibility index (Phi) is 5.01. The quantitative estimate of drug-likeness (QED) is 0.679. The van der Waals surface area contributed by atoms with E-state index in [0.29, 0.717) is 36.4 Å². The number of alkyl carbamates (subject to hydrolysis) is 1. The fourth-order valence-corrected chi connectivity index (χ4v) is 3.58. The molecule has 2 aromatic rings. The van der Waals surface area contributed by atoms with Gasteiger partial charge in [0.05, 0.1) is 17.8 Å². The molecule has 156 valence electrons. The van der Waals surface area contributed by atoms with E-state index in [1.165, 1.54) is 0 Å². The predicted molar refractivity (Wildman–Crippen MR) is 99.8 cm³/mol. The first-order chi connectivity index (χ1) is 13.8. The number of aromatic amines is 1. The molecule has 10 heteroatoms. The summed E-state index contributed by atoms with van der Waals surface area (Å²) in [6.45, 7) is 3.73. The highest BCUT2D eigenvalue weighted by molar-refractivity contribution is 5.91. The number of nitrogens with zero attached hydrogens (tertiary/aromatic N) is 2. The summed E-state index contributed by atoms with van der Waals surface area (Å²) < 4.78 is 25.2. The van der Waals surface area contributed by atoms with E-state index in [2.05, 4.69) is 26.0 Å². The van der Waals surface area contributed by atoms with Crippen molar-refractivity contribution in [3.8, 4) is 0 Å². The van der Waals surface area contributed by atoms with Crippen molar-refractivity contribution in [1.29, 1.82) is 0 Å². The van der Waals surface area contributed by atoms with Crippen molar-refractivity contribution in [2.45, 2.75) is 69.9 Å². The fraction of sp³-hybridized carbons (Fsp3) is 0.579.